The van der Waals surface area contributed by atoms with E-state index in [2.05, 4.69) is 48.3 Å². The molecule has 1 atom stereocenters. The van der Waals surface area contributed by atoms with Crippen LogP contribution in [-0.2, 0) is 4.74 Å². The van der Waals surface area contributed by atoms with E-state index in [4.69, 9.17) is 4.74 Å². The van der Waals surface area contributed by atoms with Gasteiger partial charge in [-0.3, -0.25) is 5.32 Å². The van der Waals surface area contributed by atoms with Gasteiger partial charge in [-0.15, -0.1) is 0 Å². The first-order valence-electron chi connectivity index (χ1n) is 6.05. The van der Waals surface area contributed by atoms with Crippen molar-refractivity contribution in [2.45, 2.75) is 20.1 Å². The highest BCUT2D eigenvalue weighted by Crippen LogP contribution is 2.21. The van der Waals surface area contributed by atoms with Crippen LogP contribution < -0.4 is 10.2 Å². The minimum Gasteiger partial charge on any atom is -0.372 e. The van der Waals surface area contributed by atoms with Crippen molar-refractivity contribution < 1.29 is 4.74 Å². The van der Waals surface area contributed by atoms with Crippen molar-refractivity contribution in [2.24, 2.45) is 0 Å². The molecular weight excluding hydrogens is 200 g/mol. The predicted molar refractivity (Wildman–Crippen MR) is 66.7 cm³/mol. The summed E-state index contributed by atoms with van der Waals surface area (Å²) in [5.41, 5.74) is 2.50. The minimum absolute atomic E-state index is 0.0887. The van der Waals surface area contributed by atoms with Crippen LogP contribution in [-0.4, -0.2) is 26.2 Å². The summed E-state index contributed by atoms with van der Waals surface area (Å²) in [6.07, 6.45) is 0.0887. The lowest BCUT2D eigenvalue weighted by Crippen LogP contribution is -2.21. The molecule has 1 aromatic rings. The topological polar surface area (TPSA) is 24.5 Å². The average Bonchev–Trinajstić information content (AvgIpc) is 2.85. The fourth-order valence-electron chi connectivity index (χ4n) is 2.09. The first-order valence-corrected chi connectivity index (χ1v) is 6.05. The van der Waals surface area contributed by atoms with Gasteiger partial charge in [0.05, 0.1) is 6.61 Å². The number of anilines is 1. The Balaban J connectivity index is 2.09. The van der Waals surface area contributed by atoms with E-state index in [-0.39, 0.29) is 6.23 Å². The summed E-state index contributed by atoms with van der Waals surface area (Å²) in [5.74, 6) is 0. The highest BCUT2D eigenvalue weighted by atomic mass is 16.5. The smallest absolute Gasteiger partial charge is 0.134 e. The molecule has 0 amide bonds. The van der Waals surface area contributed by atoms with Crippen LogP contribution in [0, 0.1) is 0 Å². The Morgan fingerprint density at radius 2 is 1.94 bits per heavy atom. The molecule has 0 aliphatic carbocycles. The Morgan fingerprint density at radius 3 is 2.44 bits per heavy atom. The van der Waals surface area contributed by atoms with Gasteiger partial charge in [-0.25, -0.2) is 0 Å². The molecule has 0 radical (unpaired) electrons. The van der Waals surface area contributed by atoms with Crippen molar-refractivity contribution in [1.82, 2.24) is 5.32 Å². The van der Waals surface area contributed by atoms with E-state index in [1.165, 1.54) is 11.3 Å². The van der Waals surface area contributed by atoms with Crippen LogP contribution in [0.3, 0.4) is 0 Å². The van der Waals surface area contributed by atoms with Crippen molar-refractivity contribution in [3.05, 3.63) is 29.8 Å². The summed E-state index contributed by atoms with van der Waals surface area (Å²) in [5, 5.41) is 3.31. The number of ether oxygens (including phenoxy) is 1. The first kappa shape index (κ1) is 11.4. The maximum absolute atomic E-state index is 5.57. The molecule has 0 spiro atoms. The van der Waals surface area contributed by atoms with Crippen molar-refractivity contribution in [2.75, 3.05) is 31.1 Å². The van der Waals surface area contributed by atoms with Crippen LogP contribution >= 0.6 is 0 Å². The SMILES string of the molecule is CCN(CC)c1ccc(C2NCCO2)cc1. The molecule has 1 unspecified atom stereocenters. The molecule has 1 aliphatic rings. The summed E-state index contributed by atoms with van der Waals surface area (Å²) in [6.45, 7) is 8.21. The highest BCUT2D eigenvalue weighted by Gasteiger charge is 2.16. The molecule has 0 bridgehead atoms. The van der Waals surface area contributed by atoms with E-state index in [9.17, 15) is 0 Å². The number of benzene rings is 1. The molecule has 88 valence electrons. The number of hydrogen-bond acceptors (Lipinski definition) is 3. The Labute approximate surface area is 97.4 Å². The molecule has 1 aromatic carbocycles. The van der Waals surface area contributed by atoms with Gasteiger partial charge < -0.3 is 9.64 Å². The average molecular weight is 220 g/mol. The van der Waals surface area contributed by atoms with Crippen LogP contribution in [0.1, 0.15) is 25.6 Å². The van der Waals surface area contributed by atoms with Crippen LogP contribution in [0.2, 0.25) is 0 Å². The predicted octanol–water partition coefficient (Wildman–Crippen LogP) is 2.15. The third kappa shape index (κ3) is 2.36. The van der Waals surface area contributed by atoms with Gasteiger partial charge in [-0.1, -0.05) is 12.1 Å². The first-order chi connectivity index (χ1) is 7.85. The zero-order chi connectivity index (χ0) is 11.4. The zero-order valence-corrected chi connectivity index (χ0v) is 10.1. The molecule has 3 heteroatoms. The minimum atomic E-state index is 0.0887. The quantitative estimate of drug-likeness (QED) is 0.841. The lowest BCUT2D eigenvalue weighted by Gasteiger charge is -2.21. The lowest BCUT2D eigenvalue weighted by molar-refractivity contribution is 0.102. The van der Waals surface area contributed by atoms with Gasteiger partial charge >= 0.3 is 0 Å². The van der Waals surface area contributed by atoms with Crippen LogP contribution in [0.15, 0.2) is 24.3 Å². The van der Waals surface area contributed by atoms with Crippen molar-refractivity contribution in [1.29, 1.82) is 0 Å². The van der Waals surface area contributed by atoms with Crippen molar-refractivity contribution in [3.8, 4) is 0 Å². The summed E-state index contributed by atoms with van der Waals surface area (Å²) >= 11 is 0. The third-order valence-electron chi connectivity index (χ3n) is 3.04. The Bertz CT molecular complexity index is 292. The van der Waals surface area contributed by atoms with Crippen LogP contribution in [0.25, 0.3) is 0 Å². The normalized spacial score (nSPS) is 20.0. The van der Waals surface area contributed by atoms with Crippen LogP contribution in [0.4, 0.5) is 5.69 Å². The monoisotopic (exact) mass is 220 g/mol. The number of hydrogen-bond donors (Lipinski definition) is 1. The fourth-order valence-corrected chi connectivity index (χ4v) is 2.09. The van der Waals surface area contributed by atoms with Gasteiger partial charge in [0, 0.05) is 25.3 Å². The molecule has 1 saturated heterocycles. The van der Waals surface area contributed by atoms with E-state index in [0.717, 1.165) is 26.2 Å². The summed E-state index contributed by atoms with van der Waals surface area (Å²) < 4.78 is 5.57. The molecule has 1 aliphatic heterocycles. The Morgan fingerprint density at radius 1 is 1.25 bits per heavy atom. The second-order valence-corrected chi connectivity index (χ2v) is 3.97. The standard InChI is InChI=1S/C13H20N2O/c1-3-15(4-2)12-7-5-11(6-8-12)13-14-9-10-16-13/h5-8,13-14H,3-4,9-10H2,1-2H3. The zero-order valence-electron chi connectivity index (χ0n) is 10.1. The largest absolute Gasteiger partial charge is 0.372 e. The number of rotatable bonds is 4. The van der Waals surface area contributed by atoms with Crippen LogP contribution in [0.5, 0.6) is 0 Å². The fraction of sp³-hybridized carbons (Fsp3) is 0.538. The van der Waals surface area contributed by atoms with Gasteiger partial charge in [0.1, 0.15) is 6.23 Å². The van der Waals surface area contributed by atoms with E-state index in [1.54, 1.807) is 0 Å². The van der Waals surface area contributed by atoms with E-state index >= 15 is 0 Å². The second kappa shape index (κ2) is 5.32. The van der Waals surface area contributed by atoms with Gasteiger partial charge in [0.15, 0.2) is 0 Å². The molecule has 0 aromatic heterocycles. The molecule has 1 N–H and O–H groups in total. The van der Waals surface area contributed by atoms with Gasteiger partial charge in [0.25, 0.3) is 0 Å². The molecule has 1 fully saturated rings. The van der Waals surface area contributed by atoms with E-state index in [1.807, 2.05) is 0 Å². The molecule has 1 heterocycles. The number of nitrogens with one attached hydrogen (secondary N) is 1. The van der Waals surface area contributed by atoms with E-state index in [0.29, 0.717) is 0 Å². The third-order valence-corrected chi connectivity index (χ3v) is 3.04. The summed E-state index contributed by atoms with van der Waals surface area (Å²) in [6, 6.07) is 8.64. The Kier molecular flexibility index (Phi) is 3.80. The molecule has 3 nitrogen and oxygen atoms in total. The lowest BCUT2D eigenvalue weighted by atomic mass is 10.1. The second-order valence-electron chi connectivity index (χ2n) is 3.97. The van der Waals surface area contributed by atoms with Gasteiger partial charge in [-0.05, 0) is 31.5 Å². The Hall–Kier alpha value is -1.06. The summed E-state index contributed by atoms with van der Waals surface area (Å²) in [4.78, 5) is 2.34. The highest BCUT2D eigenvalue weighted by molar-refractivity contribution is 5.47. The maximum atomic E-state index is 5.57. The molecule has 2 rings (SSSR count). The number of nitrogens with zero attached hydrogens (tertiary/aromatic N) is 1. The molecular formula is C13H20N2O. The van der Waals surface area contributed by atoms with Gasteiger partial charge in [-0.2, -0.15) is 0 Å². The molecule has 0 saturated carbocycles. The van der Waals surface area contributed by atoms with Gasteiger partial charge in [0.2, 0.25) is 0 Å². The van der Waals surface area contributed by atoms with E-state index < -0.39 is 0 Å². The van der Waals surface area contributed by atoms with Crippen molar-refractivity contribution >= 4 is 5.69 Å². The maximum Gasteiger partial charge on any atom is 0.134 e. The summed E-state index contributed by atoms with van der Waals surface area (Å²) in [7, 11) is 0. The molecule has 16 heavy (non-hydrogen) atoms. The van der Waals surface area contributed by atoms with Crippen molar-refractivity contribution in [3.63, 3.8) is 0 Å².